The third-order valence-electron chi connectivity index (χ3n) is 3.48. The van der Waals surface area contributed by atoms with Gasteiger partial charge in [0.15, 0.2) is 5.78 Å². The Balaban J connectivity index is 2.80. The van der Waals surface area contributed by atoms with Gasteiger partial charge in [0, 0.05) is 6.20 Å². The number of aliphatic carboxylic acids is 1. The van der Waals surface area contributed by atoms with Crippen LogP contribution in [0.5, 0.6) is 0 Å². The molecule has 0 aromatic carbocycles. The van der Waals surface area contributed by atoms with Crippen LogP contribution in [0.2, 0.25) is 0 Å². The molecule has 0 saturated carbocycles. The molecule has 1 rings (SSSR count). The number of nitrogens with zero attached hydrogens (tertiary/aromatic N) is 1. The summed E-state index contributed by atoms with van der Waals surface area (Å²) in [7, 11) is 0. The van der Waals surface area contributed by atoms with Gasteiger partial charge in [-0.25, -0.2) is 0 Å². The maximum Gasteiger partial charge on any atom is 0.189 e. The summed E-state index contributed by atoms with van der Waals surface area (Å²) in [6, 6.07) is 1.50. The molecule has 5 heteroatoms. The van der Waals surface area contributed by atoms with Gasteiger partial charge in [-0.2, -0.15) is 5.10 Å². The summed E-state index contributed by atoms with van der Waals surface area (Å²) in [6.45, 7) is 4.00. The van der Waals surface area contributed by atoms with Gasteiger partial charge in [0.1, 0.15) is 5.69 Å². The van der Waals surface area contributed by atoms with E-state index in [2.05, 4.69) is 17.1 Å². The van der Waals surface area contributed by atoms with Gasteiger partial charge in [-0.3, -0.25) is 9.89 Å². The lowest BCUT2D eigenvalue weighted by atomic mass is 9.82. The Labute approximate surface area is 113 Å². The molecule has 0 amide bonds. The summed E-state index contributed by atoms with van der Waals surface area (Å²) in [5.74, 6) is -2.97. The Morgan fingerprint density at radius 2 is 2.11 bits per heavy atom. The number of Topliss-reactive ketones (excluding diaryl/α,β-unsaturated/α-hetero) is 1. The van der Waals surface area contributed by atoms with Crippen LogP contribution in [0.15, 0.2) is 12.3 Å². The Morgan fingerprint density at radius 3 is 2.58 bits per heavy atom. The average molecular weight is 265 g/mol. The first-order valence-electron chi connectivity index (χ1n) is 6.86. The molecule has 1 aromatic rings. The lowest BCUT2D eigenvalue weighted by Crippen LogP contribution is -2.41. The SMILES string of the molecule is CCCCCC(CC)C(C(=O)[O-])C(=O)c1ccn[nH]1. The molecule has 0 radical (unpaired) electrons. The predicted octanol–water partition coefficient (Wildman–Crippen LogP) is 1.56. The molecule has 2 unspecified atom stereocenters. The predicted molar refractivity (Wildman–Crippen MR) is 69.3 cm³/mol. The molecular formula is C14H21N2O3-. The number of H-pyrrole nitrogens is 1. The Hall–Kier alpha value is -1.65. The van der Waals surface area contributed by atoms with Crippen molar-refractivity contribution in [3.8, 4) is 0 Å². The standard InChI is InChI=1S/C14H22N2O3/c1-3-5-6-7-10(4-2)12(14(18)19)13(17)11-8-9-15-16-11/h8-10,12H,3-7H2,1-2H3,(H,15,16)(H,18,19)/p-1. The molecule has 2 atom stereocenters. The molecule has 106 valence electrons. The molecule has 0 fully saturated rings. The van der Waals surface area contributed by atoms with Crippen molar-refractivity contribution in [3.63, 3.8) is 0 Å². The van der Waals surface area contributed by atoms with E-state index in [9.17, 15) is 14.7 Å². The van der Waals surface area contributed by atoms with E-state index < -0.39 is 17.7 Å². The zero-order valence-electron chi connectivity index (χ0n) is 11.5. The van der Waals surface area contributed by atoms with Crippen LogP contribution in [-0.4, -0.2) is 21.9 Å². The summed E-state index contributed by atoms with van der Waals surface area (Å²) in [4.78, 5) is 23.5. The number of carbonyl (C=O) groups excluding carboxylic acids is 2. The number of ketones is 1. The van der Waals surface area contributed by atoms with E-state index in [-0.39, 0.29) is 11.6 Å². The summed E-state index contributed by atoms with van der Waals surface area (Å²) in [5.41, 5.74) is 0.239. The molecule has 0 spiro atoms. The van der Waals surface area contributed by atoms with E-state index in [0.717, 1.165) is 25.7 Å². The zero-order valence-corrected chi connectivity index (χ0v) is 11.5. The highest BCUT2D eigenvalue weighted by molar-refractivity contribution is 6.06. The van der Waals surface area contributed by atoms with Crippen molar-refractivity contribution in [2.75, 3.05) is 0 Å². The monoisotopic (exact) mass is 265 g/mol. The fourth-order valence-electron chi connectivity index (χ4n) is 2.34. The third-order valence-corrected chi connectivity index (χ3v) is 3.48. The van der Waals surface area contributed by atoms with Crippen molar-refractivity contribution in [2.45, 2.75) is 46.0 Å². The van der Waals surface area contributed by atoms with Crippen LogP contribution in [0.4, 0.5) is 0 Å². The van der Waals surface area contributed by atoms with Gasteiger partial charge in [0.25, 0.3) is 0 Å². The first kappa shape index (κ1) is 15.4. The first-order chi connectivity index (χ1) is 9.11. The van der Waals surface area contributed by atoms with Crippen LogP contribution in [-0.2, 0) is 4.79 Å². The Morgan fingerprint density at radius 1 is 1.37 bits per heavy atom. The number of carboxylic acids is 1. The number of hydrogen-bond donors (Lipinski definition) is 1. The minimum Gasteiger partial charge on any atom is -0.549 e. The summed E-state index contributed by atoms with van der Waals surface area (Å²) >= 11 is 0. The summed E-state index contributed by atoms with van der Waals surface area (Å²) < 4.78 is 0. The molecule has 1 N–H and O–H groups in total. The fourth-order valence-corrected chi connectivity index (χ4v) is 2.34. The lowest BCUT2D eigenvalue weighted by Gasteiger charge is -2.25. The van der Waals surface area contributed by atoms with Crippen LogP contribution >= 0.6 is 0 Å². The van der Waals surface area contributed by atoms with E-state index in [0.29, 0.717) is 6.42 Å². The number of carbonyl (C=O) groups is 2. The first-order valence-corrected chi connectivity index (χ1v) is 6.86. The highest BCUT2D eigenvalue weighted by Gasteiger charge is 2.29. The minimum atomic E-state index is -1.29. The molecule has 1 heterocycles. The van der Waals surface area contributed by atoms with Gasteiger partial charge in [0.2, 0.25) is 0 Å². The van der Waals surface area contributed by atoms with E-state index >= 15 is 0 Å². The van der Waals surface area contributed by atoms with Crippen LogP contribution in [0.1, 0.15) is 56.4 Å². The van der Waals surface area contributed by atoms with Gasteiger partial charge in [-0.05, 0) is 18.4 Å². The maximum absolute atomic E-state index is 12.2. The van der Waals surface area contributed by atoms with Crippen LogP contribution in [0, 0.1) is 11.8 Å². The number of aromatic nitrogens is 2. The molecular weight excluding hydrogens is 244 g/mol. The normalized spacial score (nSPS) is 14.0. The molecule has 0 aliphatic carbocycles. The van der Waals surface area contributed by atoms with Crippen LogP contribution in [0.3, 0.4) is 0 Å². The molecule has 0 saturated heterocycles. The van der Waals surface area contributed by atoms with Gasteiger partial charge in [-0.1, -0.05) is 39.5 Å². The molecule has 0 aliphatic heterocycles. The number of rotatable bonds is 9. The van der Waals surface area contributed by atoms with Crippen molar-refractivity contribution in [1.82, 2.24) is 10.2 Å². The van der Waals surface area contributed by atoms with Crippen LogP contribution in [0.25, 0.3) is 0 Å². The van der Waals surface area contributed by atoms with E-state index in [1.54, 1.807) is 0 Å². The van der Waals surface area contributed by atoms with Crippen molar-refractivity contribution in [3.05, 3.63) is 18.0 Å². The Bertz CT molecular complexity index is 401. The number of carboxylic acid groups (broad SMARTS) is 1. The van der Waals surface area contributed by atoms with E-state index in [1.807, 2.05) is 6.92 Å². The summed E-state index contributed by atoms with van der Waals surface area (Å²) in [6.07, 6.45) is 5.90. The van der Waals surface area contributed by atoms with Crippen molar-refractivity contribution < 1.29 is 14.7 Å². The van der Waals surface area contributed by atoms with Gasteiger partial charge in [-0.15, -0.1) is 0 Å². The topological polar surface area (TPSA) is 85.9 Å². The van der Waals surface area contributed by atoms with Crippen molar-refractivity contribution in [2.24, 2.45) is 11.8 Å². The van der Waals surface area contributed by atoms with Gasteiger partial charge < -0.3 is 9.90 Å². The van der Waals surface area contributed by atoms with Crippen molar-refractivity contribution >= 4 is 11.8 Å². The highest BCUT2D eigenvalue weighted by Crippen LogP contribution is 2.25. The number of hydrogen-bond acceptors (Lipinski definition) is 4. The van der Waals surface area contributed by atoms with E-state index in [1.165, 1.54) is 12.3 Å². The summed E-state index contributed by atoms with van der Waals surface area (Å²) in [5, 5.41) is 17.5. The largest absolute Gasteiger partial charge is 0.549 e. The second kappa shape index (κ2) is 7.71. The van der Waals surface area contributed by atoms with Gasteiger partial charge >= 0.3 is 0 Å². The quantitative estimate of drug-likeness (QED) is 0.417. The second-order valence-corrected chi connectivity index (χ2v) is 4.80. The maximum atomic E-state index is 12.2. The van der Waals surface area contributed by atoms with Crippen molar-refractivity contribution in [1.29, 1.82) is 0 Å². The van der Waals surface area contributed by atoms with Crippen LogP contribution < -0.4 is 5.11 Å². The third kappa shape index (κ3) is 4.19. The van der Waals surface area contributed by atoms with E-state index in [4.69, 9.17) is 0 Å². The zero-order chi connectivity index (χ0) is 14.3. The molecule has 5 nitrogen and oxygen atoms in total. The number of aromatic amines is 1. The molecule has 0 bridgehead atoms. The second-order valence-electron chi connectivity index (χ2n) is 4.80. The average Bonchev–Trinajstić information content (AvgIpc) is 2.90. The molecule has 1 aromatic heterocycles. The lowest BCUT2D eigenvalue weighted by molar-refractivity contribution is -0.310. The highest BCUT2D eigenvalue weighted by atomic mass is 16.4. The molecule has 0 aliphatic rings. The smallest absolute Gasteiger partial charge is 0.189 e. The fraction of sp³-hybridized carbons (Fsp3) is 0.643. The number of nitrogens with one attached hydrogen (secondary N) is 1. The Kier molecular flexibility index (Phi) is 6.25. The minimum absolute atomic E-state index is 0.174. The van der Waals surface area contributed by atoms with Gasteiger partial charge in [0.05, 0.1) is 11.9 Å². The molecule has 19 heavy (non-hydrogen) atoms. The number of unbranched alkanes of at least 4 members (excludes halogenated alkanes) is 2.